The summed E-state index contributed by atoms with van der Waals surface area (Å²) in [4.78, 5) is 18.1. The van der Waals surface area contributed by atoms with E-state index in [0.717, 1.165) is 18.4 Å². The molecule has 1 aliphatic rings. The first kappa shape index (κ1) is 17.9. The summed E-state index contributed by atoms with van der Waals surface area (Å²) in [7, 11) is -1.26. The van der Waals surface area contributed by atoms with E-state index in [-0.39, 0.29) is 17.2 Å². The first-order chi connectivity index (χ1) is 11.8. The third-order valence-corrected chi connectivity index (χ3v) is 5.46. The smallest absolute Gasteiger partial charge is 0.410 e. The normalized spacial score (nSPS) is 17.6. The summed E-state index contributed by atoms with van der Waals surface area (Å²) >= 11 is 0. The number of fused-ring (bicyclic) bond motifs is 1. The average Bonchev–Trinajstić information content (AvgIpc) is 2.98. The van der Waals surface area contributed by atoms with Crippen LogP contribution < -0.4 is 0 Å². The molecule has 7 heteroatoms. The molecule has 1 saturated heterocycles. The van der Waals surface area contributed by atoms with E-state index in [0.29, 0.717) is 24.4 Å². The van der Waals surface area contributed by atoms with Gasteiger partial charge in [-0.15, -0.1) is 0 Å². The second-order valence-electron chi connectivity index (χ2n) is 7.37. The van der Waals surface area contributed by atoms with Gasteiger partial charge in [-0.3, -0.25) is 0 Å². The van der Waals surface area contributed by atoms with Crippen molar-refractivity contribution >= 4 is 28.0 Å². The quantitative estimate of drug-likeness (QED) is 0.832. The number of ether oxygens (including phenoxy) is 1. The Hall–Kier alpha value is -1.89. The molecular formula is C18H24N2O4S. The van der Waals surface area contributed by atoms with Gasteiger partial charge in [-0.05, 0) is 51.7 Å². The largest absolute Gasteiger partial charge is 0.444 e. The lowest BCUT2D eigenvalue weighted by molar-refractivity contribution is 0.0191. The maximum Gasteiger partial charge on any atom is 0.410 e. The highest BCUT2D eigenvalue weighted by Crippen LogP contribution is 2.23. The van der Waals surface area contributed by atoms with Crippen LogP contribution >= 0.6 is 0 Å². The molecular weight excluding hydrogens is 340 g/mol. The number of hydrogen-bond donors (Lipinski definition) is 0. The molecule has 1 fully saturated rings. The fourth-order valence-electron chi connectivity index (χ4n) is 2.84. The average molecular weight is 364 g/mol. The lowest BCUT2D eigenvalue weighted by atomic mass is 9.99. The van der Waals surface area contributed by atoms with Crippen molar-refractivity contribution in [1.82, 2.24) is 9.88 Å². The summed E-state index contributed by atoms with van der Waals surface area (Å²) in [5.41, 5.74) is 0.902. The van der Waals surface area contributed by atoms with Gasteiger partial charge in [-0.2, -0.15) is 0 Å². The molecule has 25 heavy (non-hydrogen) atoms. The summed E-state index contributed by atoms with van der Waals surface area (Å²) in [5.74, 6) is 0.796. The van der Waals surface area contributed by atoms with Gasteiger partial charge >= 0.3 is 6.09 Å². The van der Waals surface area contributed by atoms with E-state index in [1.807, 2.05) is 45.0 Å². The first-order valence-electron chi connectivity index (χ1n) is 8.54. The van der Waals surface area contributed by atoms with E-state index in [4.69, 9.17) is 9.15 Å². The summed E-state index contributed by atoms with van der Waals surface area (Å²) < 4.78 is 23.5. The zero-order valence-corrected chi connectivity index (χ0v) is 15.7. The number of oxazole rings is 1. The van der Waals surface area contributed by atoms with Gasteiger partial charge in [-0.1, -0.05) is 12.1 Å². The highest BCUT2D eigenvalue weighted by atomic mass is 32.2. The number of likely N-dealkylation sites (tertiary alicyclic amines) is 1. The Bertz CT molecular complexity index is 740. The van der Waals surface area contributed by atoms with Crippen LogP contribution in [0.25, 0.3) is 11.1 Å². The monoisotopic (exact) mass is 364 g/mol. The standard InChI is InChI=1S/C18H24N2O4S/c1-18(2,3)24-17(21)20-10-8-13(9-11-20)12-25(22)16-19-14-6-4-5-7-15(14)23-16/h4-7,13H,8-12H2,1-3H3. The number of carbonyl (C=O) groups excluding carboxylic acids is 1. The molecule has 0 spiro atoms. The number of hydrogen-bond acceptors (Lipinski definition) is 5. The number of piperidine rings is 1. The molecule has 1 amide bonds. The lowest BCUT2D eigenvalue weighted by Gasteiger charge is -2.33. The maximum absolute atomic E-state index is 12.5. The molecule has 0 aliphatic carbocycles. The Morgan fingerprint density at radius 3 is 2.64 bits per heavy atom. The Kier molecular flexibility index (Phi) is 5.13. The van der Waals surface area contributed by atoms with E-state index >= 15 is 0 Å². The van der Waals surface area contributed by atoms with Crippen molar-refractivity contribution in [3.63, 3.8) is 0 Å². The minimum atomic E-state index is -1.26. The van der Waals surface area contributed by atoms with Crippen LogP contribution in [0.2, 0.25) is 0 Å². The lowest BCUT2D eigenvalue weighted by Crippen LogP contribution is -2.42. The topological polar surface area (TPSA) is 72.6 Å². The molecule has 6 nitrogen and oxygen atoms in total. The van der Waals surface area contributed by atoms with Crippen molar-refractivity contribution in [3.05, 3.63) is 24.3 Å². The molecule has 3 rings (SSSR count). The van der Waals surface area contributed by atoms with Gasteiger partial charge in [0, 0.05) is 18.8 Å². The van der Waals surface area contributed by atoms with Crippen LogP contribution in [0, 0.1) is 5.92 Å². The number of benzene rings is 1. The second-order valence-corrected chi connectivity index (χ2v) is 8.74. The number of aromatic nitrogens is 1. The molecule has 2 aromatic rings. The van der Waals surface area contributed by atoms with Crippen LogP contribution in [0.4, 0.5) is 4.79 Å². The zero-order valence-electron chi connectivity index (χ0n) is 14.9. The van der Waals surface area contributed by atoms with Crippen molar-refractivity contribution in [2.24, 2.45) is 5.92 Å². The summed E-state index contributed by atoms with van der Waals surface area (Å²) in [5, 5.41) is 0.288. The van der Waals surface area contributed by atoms with E-state index < -0.39 is 16.4 Å². The van der Waals surface area contributed by atoms with Gasteiger partial charge in [-0.25, -0.2) is 14.0 Å². The van der Waals surface area contributed by atoms with Crippen LogP contribution in [0.5, 0.6) is 0 Å². The van der Waals surface area contributed by atoms with Crippen molar-refractivity contribution < 1.29 is 18.2 Å². The van der Waals surface area contributed by atoms with Gasteiger partial charge in [0.15, 0.2) is 5.58 Å². The van der Waals surface area contributed by atoms with E-state index in [1.54, 1.807) is 4.90 Å². The minimum absolute atomic E-state index is 0.272. The maximum atomic E-state index is 12.5. The molecule has 0 N–H and O–H groups in total. The summed E-state index contributed by atoms with van der Waals surface area (Å²) in [6.45, 7) is 6.85. The van der Waals surface area contributed by atoms with Gasteiger partial charge in [0.05, 0.1) is 0 Å². The van der Waals surface area contributed by atoms with E-state index in [9.17, 15) is 9.00 Å². The molecule has 1 atom stereocenters. The Morgan fingerprint density at radius 1 is 1.32 bits per heavy atom. The molecule has 1 aliphatic heterocycles. The van der Waals surface area contributed by atoms with E-state index in [2.05, 4.69) is 4.98 Å². The third-order valence-electron chi connectivity index (χ3n) is 4.12. The summed E-state index contributed by atoms with van der Waals surface area (Å²) in [6, 6.07) is 7.41. The van der Waals surface area contributed by atoms with Crippen molar-refractivity contribution in [2.45, 2.75) is 44.4 Å². The van der Waals surface area contributed by atoms with Crippen LogP contribution in [0.15, 0.2) is 33.9 Å². The fraction of sp³-hybridized carbons (Fsp3) is 0.556. The molecule has 136 valence electrons. The van der Waals surface area contributed by atoms with E-state index in [1.165, 1.54) is 0 Å². The third kappa shape index (κ3) is 4.60. The predicted molar refractivity (Wildman–Crippen MR) is 95.8 cm³/mol. The van der Waals surface area contributed by atoms with Crippen molar-refractivity contribution in [1.29, 1.82) is 0 Å². The zero-order chi connectivity index (χ0) is 18.0. The van der Waals surface area contributed by atoms with Crippen LogP contribution in [0.3, 0.4) is 0 Å². The molecule has 1 unspecified atom stereocenters. The second kappa shape index (κ2) is 7.15. The Labute approximate surface area is 150 Å². The molecule has 0 bridgehead atoms. The molecule has 0 radical (unpaired) electrons. The van der Waals surface area contributed by atoms with Gasteiger partial charge in [0.2, 0.25) is 0 Å². The van der Waals surface area contributed by atoms with Gasteiger partial charge in [0.25, 0.3) is 5.22 Å². The van der Waals surface area contributed by atoms with Crippen molar-refractivity contribution in [3.8, 4) is 0 Å². The number of amides is 1. The highest BCUT2D eigenvalue weighted by Gasteiger charge is 2.28. The molecule has 2 heterocycles. The van der Waals surface area contributed by atoms with Crippen LogP contribution in [-0.2, 0) is 15.5 Å². The van der Waals surface area contributed by atoms with Crippen molar-refractivity contribution in [2.75, 3.05) is 18.8 Å². The Balaban J connectivity index is 1.53. The predicted octanol–water partition coefficient (Wildman–Crippen LogP) is 3.58. The molecule has 0 saturated carbocycles. The first-order valence-corrected chi connectivity index (χ1v) is 9.85. The fourth-order valence-corrected chi connectivity index (χ4v) is 4.13. The van der Waals surface area contributed by atoms with Gasteiger partial charge in [0.1, 0.15) is 21.9 Å². The highest BCUT2D eigenvalue weighted by molar-refractivity contribution is 7.84. The molecule has 1 aromatic carbocycles. The summed E-state index contributed by atoms with van der Waals surface area (Å²) in [6.07, 6.45) is 1.35. The number of rotatable bonds is 3. The number of carbonyl (C=O) groups is 1. The minimum Gasteiger partial charge on any atom is -0.444 e. The SMILES string of the molecule is CC(C)(C)OC(=O)N1CCC(CS(=O)c2nc3ccccc3o2)CC1. The molecule has 1 aromatic heterocycles. The van der Waals surface area contributed by atoms with Crippen LogP contribution in [-0.4, -0.2) is 44.6 Å². The Morgan fingerprint density at radius 2 is 2.00 bits per heavy atom. The van der Waals surface area contributed by atoms with Gasteiger partial charge < -0.3 is 14.1 Å². The number of nitrogens with zero attached hydrogens (tertiary/aromatic N) is 2. The van der Waals surface area contributed by atoms with Crippen LogP contribution in [0.1, 0.15) is 33.6 Å². The number of para-hydroxylation sites is 2.